The zero-order valence-corrected chi connectivity index (χ0v) is 9.65. The first-order valence-corrected chi connectivity index (χ1v) is 5.32. The molecule has 0 radical (unpaired) electrons. The Hall–Kier alpha value is -2.10. The van der Waals surface area contributed by atoms with Crippen molar-refractivity contribution in [3.63, 3.8) is 0 Å². The van der Waals surface area contributed by atoms with Crippen LogP contribution in [0.1, 0.15) is 22.8 Å². The van der Waals surface area contributed by atoms with E-state index in [-0.39, 0.29) is 12.2 Å². The van der Waals surface area contributed by atoms with E-state index in [0.717, 1.165) is 10.9 Å². The summed E-state index contributed by atoms with van der Waals surface area (Å²) >= 11 is 0. The molecule has 1 heterocycles. The van der Waals surface area contributed by atoms with Crippen molar-refractivity contribution in [1.29, 1.82) is 0 Å². The summed E-state index contributed by atoms with van der Waals surface area (Å²) in [6.45, 7) is 3.76. The Kier molecular flexibility index (Phi) is 2.95. The zero-order valence-electron chi connectivity index (χ0n) is 9.65. The summed E-state index contributed by atoms with van der Waals surface area (Å²) < 4.78 is 9.93. The number of ether oxygens (including phenoxy) is 1. The lowest BCUT2D eigenvalue weighted by molar-refractivity contribution is -0.137. The van der Waals surface area contributed by atoms with Gasteiger partial charge in [-0.1, -0.05) is 6.07 Å². The SMILES string of the molecule is CCOC(=O)C(=O)c1ccc2c(C)coc2c1. The molecule has 2 rings (SSSR count). The van der Waals surface area contributed by atoms with Crippen LogP contribution in [-0.2, 0) is 9.53 Å². The molecule has 0 bridgehead atoms. The number of carbonyl (C=O) groups excluding carboxylic acids is 2. The molecule has 0 aliphatic rings. The third-order valence-electron chi connectivity index (χ3n) is 2.49. The molecular formula is C13H12O4. The molecule has 0 fully saturated rings. The number of hydrogen-bond donors (Lipinski definition) is 0. The summed E-state index contributed by atoms with van der Waals surface area (Å²) in [4.78, 5) is 23.0. The monoisotopic (exact) mass is 232 g/mol. The topological polar surface area (TPSA) is 56.5 Å². The molecule has 0 spiro atoms. The zero-order chi connectivity index (χ0) is 12.4. The Balaban J connectivity index is 2.36. The molecule has 0 unspecified atom stereocenters. The fraction of sp³-hybridized carbons (Fsp3) is 0.231. The maximum atomic E-state index is 11.7. The summed E-state index contributed by atoms with van der Waals surface area (Å²) in [5.41, 5.74) is 1.87. The highest BCUT2D eigenvalue weighted by molar-refractivity contribution is 6.40. The highest BCUT2D eigenvalue weighted by Gasteiger charge is 2.18. The summed E-state index contributed by atoms with van der Waals surface area (Å²) in [6, 6.07) is 4.92. The second-order valence-corrected chi connectivity index (χ2v) is 3.68. The molecule has 17 heavy (non-hydrogen) atoms. The van der Waals surface area contributed by atoms with E-state index in [9.17, 15) is 9.59 Å². The fourth-order valence-electron chi connectivity index (χ4n) is 1.62. The molecule has 0 aliphatic heterocycles. The molecule has 0 aliphatic carbocycles. The largest absolute Gasteiger partial charge is 0.464 e. The lowest BCUT2D eigenvalue weighted by Gasteiger charge is -2.00. The first-order valence-electron chi connectivity index (χ1n) is 5.32. The number of aryl methyl sites for hydroxylation is 1. The van der Waals surface area contributed by atoms with Crippen LogP contribution in [0.4, 0.5) is 0 Å². The van der Waals surface area contributed by atoms with E-state index in [0.29, 0.717) is 5.58 Å². The van der Waals surface area contributed by atoms with Crippen molar-refractivity contribution in [2.24, 2.45) is 0 Å². The van der Waals surface area contributed by atoms with Crippen molar-refractivity contribution in [3.05, 3.63) is 35.6 Å². The van der Waals surface area contributed by atoms with Crippen LogP contribution in [0.15, 0.2) is 28.9 Å². The van der Waals surface area contributed by atoms with Crippen molar-refractivity contribution in [3.8, 4) is 0 Å². The fourth-order valence-corrected chi connectivity index (χ4v) is 1.62. The third-order valence-corrected chi connectivity index (χ3v) is 2.49. The summed E-state index contributed by atoms with van der Waals surface area (Å²) in [6.07, 6.45) is 1.61. The highest BCUT2D eigenvalue weighted by Crippen LogP contribution is 2.21. The van der Waals surface area contributed by atoms with Gasteiger partial charge in [-0.15, -0.1) is 0 Å². The molecular weight excluding hydrogens is 220 g/mol. The minimum atomic E-state index is -0.838. The molecule has 1 aromatic heterocycles. The van der Waals surface area contributed by atoms with Gasteiger partial charge in [0.1, 0.15) is 5.58 Å². The minimum absolute atomic E-state index is 0.187. The molecule has 1 aromatic carbocycles. The Bertz CT molecular complexity index is 580. The van der Waals surface area contributed by atoms with E-state index >= 15 is 0 Å². The average Bonchev–Trinajstić information content (AvgIpc) is 2.70. The molecule has 2 aromatic rings. The van der Waals surface area contributed by atoms with Gasteiger partial charge in [0.15, 0.2) is 0 Å². The van der Waals surface area contributed by atoms with Gasteiger partial charge in [-0.05, 0) is 31.5 Å². The number of ketones is 1. The van der Waals surface area contributed by atoms with Gasteiger partial charge in [0.05, 0.1) is 12.9 Å². The van der Waals surface area contributed by atoms with Gasteiger partial charge in [0, 0.05) is 10.9 Å². The van der Waals surface area contributed by atoms with Crippen LogP contribution < -0.4 is 0 Å². The van der Waals surface area contributed by atoms with Gasteiger partial charge in [-0.3, -0.25) is 4.79 Å². The average molecular weight is 232 g/mol. The first kappa shape index (κ1) is 11.4. The van der Waals surface area contributed by atoms with Gasteiger partial charge in [0.25, 0.3) is 5.78 Å². The quantitative estimate of drug-likeness (QED) is 0.463. The molecule has 4 heteroatoms. The Morgan fingerprint density at radius 1 is 1.35 bits per heavy atom. The number of esters is 1. The Morgan fingerprint density at radius 2 is 2.12 bits per heavy atom. The van der Waals surface area contributed by atoms with Crippen molar-refractivity contribution in [2.75, 3.05) is 6.61 Å². The van der Waals surface area contributed by atoms with Crippen LogP contribution in [-0.4, -0.2) is 18.4 Å². The molecule has 0 saturated heterocycles. The second-order valence-electron chi connectivity index (χ2n) is 3.68. The first-order chi connectivity index (χ1) is 8.13. The van der Waals surface area contributed by atoms with E-state index < -0.39 is 11.8 Å². The van der Waals surface area contributed by atoms with E-state index in [2.05, 4.69) is 4.74 Å². The van der Waals surface area contributed by atoms with Gasteiger partial charge in [-0.25, -0.2) is 4.79 Å². The molecule has 0 saturated carbocycles. The van der Waals surface area contributed by atoms with E-state index in [4.69, 9.17) is 4.42 Å². The van der Waals surface area contributed by atoms with Crippen LogP contribution >= 0.6 is 0 Å². The minimum Gasteiger partial charge on any atom is -0.464 e. The molecule has 4 nitrogen and oxygen atoms in total. The molecule has 0 atom stereocenters. The van der Waals surface area contributed by atoms with Gasteiger partial charge >= 0.3 is 5.97 Å². The summed E-state index contributed by atoms with van der Waals surface area (Å²) in [7, 11) is 0. The van der Waals surface area contributed by atoms with Crippen LogP contribution in [0.3, 0.4) is 0 Å². The Labute approximate surface area is 98.2 Å². The molecule has 88 valence electrons. The Morgan fingerprint density at radius 3 is 2.82 bits per heavy atom. The van der Waals surface area contributed by atoms with Crippen LogP contribution in [0.25, 0.3) is 11.0 Å². The van der Waals surface area contributed by atoms with E-state index in [1.807, 2.05) is 6.92 Å². The maximum Gasteiger partial charge on any atom is 0.379 e. The van der Waals surface area contributed by atoms with E-state index in [1.54, 1.807) is 31.4 Å². The van der Waals surface area contributed by atoms with Crippen molar-refractivity contribution in [2.45, 2.75) is 13.8 Å². The number of rotatable bonds is 3. The second kappa shape index (κ2) is 4.41. The van der Waals surface area contributed by atoms with Gasteiger partial charge < -0.3 is 9.15 Å². The predicted octanol–water partition coefficient (Wildman–Crippen LogP) is 2.49. The number of fused-ring (bicyclic) bond motifs is 1. The standard InChI is InChI=1S/C13H12O4/c1-3-16-13(15)12(14)9-4-5-10-8(2)7-17-11(10)6-9/h4-7H,3H2,1-2H3. The highest BCUT2D eigenvalue weighted by atomic mass is 16.5. The number of hydrogen-bond acceptors (Lipinski definition) is 4. The number of carbonyl (C=O) groups is 2. The predicted molar refractivity (Wildman–Crippen MR) is 61.9 cm³/mol. The summed E-state index contributed by atoms with van der Waals surface area (Å²) in [5.74, 6) is -1.49. The number of furan rings is 1. The van der Waals surface area contributed by atoms with Crippen molar-refractivity contribution < 1.29 is 18.7 Å². The number of benzene rings is 1. The molecule has 0 amide bonds. The van der Waals surface area contributed by atoms with E-state index in [1.165, 1.54) is 0 Å². The van der Waals surface area contributed by atoms with Gasteiger partial charge in [0.2, 0.25) is 0 Å². The smallest absolute Gasteiger partial charge is 0.379 e. The third kappa shape index (κ3) is 2.06. The van der Waals surface area contributed by atoms with Crippen molar-refractivity contribution in [1.82, 2.24) is 0 Å². The lowest BCUT2D eigenvalue weighted by Crippen LogP contribution is -2.17. The lowest BCUT2D eigenvalue weighted by atomic mass is 10.1. The maximum absolute atomic E-state index is 11.7. The molecule has 0 N–H and O–H groups in total. The van der Waals surface area contributed by atoms with Crippen LogP contribution in [0.2, 0.25) is 0 Å². The van der Waals surface area contributed by atoms with Crippen molar-refractivity contribution >= 4 is 22.7 Å². The summed E-state index contributed by atoms with van der Waals surface area (Å²) in [5, 5.41) is 0.936. The van der Waals surface area contributed by atoms with Crippen LogP contribution in [0, 0.1) is 6.92 Å². The number of Topliss-reactive ketones (excluding diaryl/α,β-unsaturated/α-hetero) is 1. The van der Waals surface area contributed by atoms with Crippen LogP contribution in [0.5, 0.6) is 0 Å². The van der Waals surface area contributed by atoms with Gasteiger partial charge in [-0.2, -0.15) is 0 Å². The normalized spacial score (nSPS) is 10.5.